The van der Waals surface area contributed by atoms with E-state index >= 15 is 0 Å². The Kier molecular flexibility index (Phi) is 4.79. The van der Waals surface area contributed by atoms with E-state index in [9.17, 15) is 18.0 Å². The molecule has 0 unspecified atom stereocenters. The van der Waals surface area contributed by atoms with Gasteiger partial charge in [0.05, 0.1) is 11.3 Å². The SMILES string of the molecule is Cc1ccc(C(=O)N2CCC(c3ncccc3C(F)(F)F)CC2)cc1. The smallest absolute Gasteiger partial charge is 0.339 e. The second kappa shape index (κ2) is 6.86. The van der Waals surface area contributed by atoms with E-state index in [0.29, 0.717) is 31.5 Å². The van der Waals surface area contributed by atoms with Crippen LogP contribution in [0.1, 0.15) is 45.9 Å². The van der Waals surface area contributed by atoms with E-state index in [1.807, 2.05) is 19.1 Å². The van der Waals surface area contributed by atoms with Gasteiger partial charge in [-0.25, -0.2) is 0 Å². The summed E-state index contributed by atoms with van der Waals surface area (Å²) >= 11 is 0. The molecule has 1 saturated heterocycles. The Morgan fingerprint density at radius 2 is 1.76 bits per heavy atom. The Morgan fingerprint density at radius 3 is 2.36 bits per heavy atom. The Labute approximate surface area is 144 Å². The first kappa shape index (κ1) is 17.5. The fourth-order valence-corrected chi connectivity index (χ4v) is 3.22. The molecule has 0 radical (unpaired) electrons. The lowest BCUT2D eigenvalue weighted by atomic mass is 9.90. The van der Waals surface area contributed by atoms with Crippen molar-refractivity contribution >= 4 is 5.91 Å². The van der Waals surface area contributed by atoms with E-state index < -0.39 is 11.7 Å². The zero-order valence-corrected chi connectivity index (χ0v) is 13.9. The van der Waals surface area contributed by atoms with Crippen molar-refractivity contribution in [2.24, 2.45) is 0 Å². The number of piperidine rings is 1. The first-order chi connectivity index (χ1) is 11.9. The molecular weight excluding hydrogens is 329 g/mol. The normalized spacial score (nSPS) is 16.1. The molecule has 1 aliphatic heterocycles. The molecule has 0 saturated carbocycles. The minimum absolute atomic E-state index is 0.0736. The Bertz CT molecular complexity index is 748. The van der Waals surface area contributed by atoms with Crippen LogP contribution in [0.25, 0.3) is 0 Å². The predicted molar refractivity (Wildman–Crippen MR) is 88.3 cm³/mol. The summed E-state index contributed by atoms with van der Waals surface area (Å²) in [5.41, 5.74) is 1.11. The molecular formula is C19H19F3N2O. The molecule has 0 spiro atoms. The van der Waals surface area contributed by atoms with E-state index in [2.05, 4.69) is 4.98 Å². The second-order valence-electron chi connectivity index (χ2n) is 6.37. The zero-order valence-electron chi connectivity index (χ0n) is 13.9. The van der Waals surface area contributed by atoms with Gasteiger partial charge in [-0.15, -0.1) is 0 Å². The third kappa shape index (κ3) is 3.83. The summed E-state index contributed by atoms with van der Waals surface area (Å²) in [5.74, 6) is -0.351. The van der Waals surface area contributed by atoms with Crippen LogP contribution >= 0.6 is 0 Å². The van der Waals surface area contributed by atoms with Crippen molar-refractivity contribution in [2.75, 3.05) is 13.1 Å². The van der Waals surface area contributed by atoms with Crippen LogP contribution in [0, 0.1) is 6.92 Å². The number of aromatic nitrogens is 1. The van der Waals surface area contributed by atoms with Crippen LogP contribution < -0.4 is 0 Å². The molecule has 25 heavy (non-hydrogen) atoms. The Morgan fingerprint density at radius 1 is 1.12 bits per heavy atom. The highest BCUT2D eigenvalue weighted by Crippen LogP contribution is 2.37. The molecule has 1 aromatic carbocycles. The minimum Gasteiger partial charge on any atom is -0.339 e. The van der Waals surface area contributed by atoms with Crippen molar-refractivity contribution in [1.82, 2.24) is 9.88 Å². The van der Waals surface area contributed by atoms with Crippen molar-refractivity contribution in [3.05, 3.63) is 65.0 Å². The van der Waals surface area contributed by atoms with Gasteiger partial charge in [-0.1, -0.05) is 17.7 Å². The number of likely N-dealkylation sites (tertiary alicyclic amines) is 1. The van der Waals surface area contributed by atoms with Gasteiger partial charge in [-0.2, -0.15) is 13.2 Å². The molecule has 0 aliphatic carbocycles. The van der Waals surface area contributed by atoms with Gasteiger partial charge in [-0.3, -0.25) is 9.78 Å². The van der Waals surface area contributed by atoms with Crippen LogP contribution in [0.4, 0.5) is 13.2 Å². The maximum atomic E-state index is 13.2. The molecule has 1 aliphatic rings. The van der Waals surface area contributed by atoms with Gasteiger partial charge in [0, 0.05) is 30.8 Å². The number of alkyl halides is 3. The fraction of sp³-hybridized carbons (Fsp3) is 0.368. The van der Waals surface area contributed by atoms with Gasteiger partial charge in [0.25, 0.3) is 5.91 Å². The van der Waals surface area contributed by atoms with E-state index in [0.717, 1.165) is 11.6 Å². The van der Waals surface area contributed by atoms with Crippen LogP contribution in [0.5, 0.6) is 0 Å². The standard InChI is InChI=1S/C19H19F3N2O/c1-13-4-6-15(7-5-13)18(25)24-11-8-14(9-12-24)17-16(19(20,21)22)3-2-10-23-17/h2-7,10,14H,8-9,11-12H2,1H3. The summed E-state index contributed by atoms with van der Waals surface area (Å²) in [6.45, 7) is 2.82. The Hall–Kier alpha value is -2.37. The summed E-state index contributed by atoms with van der Waals surface area (Å²) < 4.78 is 39.5. The highest BCUT2D eigenvalue weighted by atomic mass is 19.4. The maximum Gasteiger partial charge on any atom is 0.418 e. The molecule has 1 aromatic heterocycles. The lowest BCUT2D eigenvalue weighted by Crippen LogP contribution is -2.38. The number of amides is 1. The van der Waals surface area contributed by atoms with Gasteiger partial charge in [0.2, 0.25) is 0 Å². The highest BCUT2D eigenvalue weighted by Gasteiger charge is 2.37. The number of benzene rings is 1. The summed E-state index contributed by atoms with van der Waals surface area (Å²) in [4.78, 5) is 18.2. The van der Waals surface area contributed by atoms with Crippen LogP contribution in [0.2, 0.25) is 0 Å². The number of aryl methyl sites for hydroxylation is 1. The predicted octanol–water partition coefficient (Wildman–Crippen LogP) is 4.43. The third-order valence-corrected chi connectivity index (χ3v) is 4.61. The number of halogens is 3. The number of nitrogens with zero attached hydrogens (tertiary/aromatic N) is 2. The number of pyridine rings is 1. The molecule has 0 N–H and O–H groups in total. The van der Waals surface area contributed by atoms with E-state index in [1.165, 1.54) is 12.3 Å². The van der Waals surface area contributed by atoms with E-state index in [1.54, 1.807) is 17.0 Å². The third-order valence-electron chi connectivity index (χ3n) is 4.61. The lowest BCUT2D eigenvalue weighted by Gasteiger charge is -2.32. The fourth-order valence-electron chi connectivity index (χ4n) is 3.22. The largest absolute Gasteiger partial charge is 0.418 e. The van der Waals surface area contributed by atoms with Gasteiger partial charge >= 0.3 is 6.18 Å². The molecule has 2 heterocycles. The molecule has 3 nitrogen and oxygen atoms in total. The topological polar surface area (TPSA) is 33.2 Å². The van der Waals surface area contributed by atoms with Gasteiger partial charge in [-0.05, 0) is 44.0 Å². The molecule has 0 atom stereocenters. The van der Waals surface area contributed by atoms with Gasteiger partial charge in [0.1, 0.15) is 0 Å². The first-order valence-corrected chi connectivity index (χ1v) is 8.24. The van der Waals surface area contributed by atoms with Crippen LogP contribution in [-0.2, 0) is 6.18 Å². The number of hydrogen-bond acceptors (Lipinski definition) is 2. The first-order valence-electron chi connectivity index (χ1n) is 8.24. The summed E-state index contributed by atoms with van der Waals surface area (Å²) in [6.07, 6.45) is -2.04. The number of carbonyl (C=O) groups is 1. The average Bonchev–Trinajstić information content (AvgIpc) is 2.61. The number of hydrogen-bond donors (Lipinski definition) is 0. The summed E-state index contributed by atoms with van der Waals surface area (Å²) in [6, 6.07) is 9.70. The van der Waals surface area contributed by atoms with E-state index in [-0.39, 0.29) is 17.5 Å². The maximum absolute atomic E-state index is 13.2. The molecule has 0 bridgehead atoms. The molecule has 2 aromatic rings. The summed E-state index contributed by atoms with van der Waals surface area (Å²) in [7, 11) is 0. The zero-order chi connectivity index (χ0) is 18.0. The molecule has 1 fully saturated rings. The highest BCUT2D eigenvalue weighted by molar-refractivity contribution is 5.94. The molecule has 132 valence electrons. The van der Waals surface area contributed by atoms with Crippen molar-refractivity contribution in [1.29, 1.82) is 0 Å². The Balaban J connectivity index is 1.70. The van der Waals surface area contributed by atoms with Crippen molar-refractivity contribution in [3.8, 4) is 0 Å². The molecule has 1 amide bonds. The van der Waals surface area contributed by atoms with Crippen LogP contribution in [-0.4, -0.2) is 28.9 Å². The molecule has 3 rings (SSSR count). The number of rotatable bonds is 2. The molecule has 6 heteroatoms. The lowest BCUT2D eigenvalue weighted by molar-refractivity contribution is -0.138. The van der Waals surface area contributed by atoms with Gasteiger partial charge < -0.3 is 4.90 Å². The minimum atomic E-state index is -4.40. The van der Waals surface area contributed by atoms with Crippen LogP contribution in [0.3, 0.4) is 0 Å². The monoisotopic (exact) mass is 348 g/mol. The second-order valence-corrected chi connectivity index (χ2v) is 6.37. The van der Waals surface area contributed by atoms with Crippen molar-refractivity contribution < 1.29 is 18.0 Å². The van der Waals surface area contributed by atoms with Crippen LogP contribution in [0.15, 0.2) is 42.6 Å². The van der Waals surface area contributed by atoms with Crippen molar-refractivity contribution in [3.63, 3.8) is 0 Å². The number of carbonyl (C=O) groups excluding carboxylic acids is 1. The van der Waals surface area contributed by atoms with E-state index in [4.69, 9.17) is 0 Å². The quantitative estimate of drug-likeness (QED) is 0.804. The summed E-state index contributed by atoms with van der Waals surface area (Å²) in [5, 5.41) is 0. The van der Waals surface area contributed by atoms with Gasteiger partial charge in [0.15, 0.2) is 0 Å². The average molecular weight is 348 g/mol. The van der Waals surface area contributed by atoms with Crippen molar-refractivity contribution in [2.45, 2.75) is 31.9 Å².